The van der Waals surface area contributed by atoms with Gasteiger partial charge in [-0.1, -0.05) is 12.1 Å². The Morgan fingerprint density at radius 1 is 1.09 bits per heavy atom. The molecule has 1 amide bonds. The number of anilines is 4. The molecule has 174 valence electrons. The highest BCUT2D eigenvalue weighted by atomic mass is 19.4. The Balaban J connectivity index is 1.93. The van der Waals surface area contributed by atoms with E-state index in [0.29, 0.717) is 28.5 Å². The highest BCUT2D eigenvalue weighted by Gasteiger charge is 2.31. The van der Waals surface area contributed by atoms with Crippen molar-refractivity contribution in [1.29, 1.82) is 0 Å². The number of rotatable bonds is 8. The van der Waals surface area contributed by atoms with Crippen molar-refractivity contribution >= 4 is 29.0 Å². The van der Waals surface area contributed by atoms with Gasteiger partial charge in [-0.3, -0.25) is 4.79 Å². The molecular formula is C22H22F3N5O3. The van der Waals surface area contributed by atoms with Crippen molar-refractivity contribution in [3.8, 4) is 17.0 Å². The van der Waals surface area contributed by atoms with E-state index in [1.165, 1.54) is 25.1 Å². The van der Waals surface area contributed by atoms with Gasteiger partial charge in [-0.2, -0.15) is 4.98 Å². The van der Waals surface area contributed by atoms with Crippen molar-refractivity contribution in [2.45, 2.75) is 26.3 Å². The quantitative estimate of drug-likeness (QED) is 0.390. The van der Waals surface area contributed by atoms with Crippen LogP contribution in [-0.4, -0.2) is 40.0 Å². The first-order chi connectivity index (χ1) is 15.6. The number of halogens is 3. The summed E-state index contributed by atoms with van der Waals surface area (Å²) in [6.07, 6.45) is -4.82. The number of aromatic nitrogens is 2. The lowest BCUT2D eigenvalue weighted by molar-refractivity contribution is -0.274. The molecule has 1 atom stereocenters. The average Bonchev–Trinajstić information content (AvgIpc) is 2.73. The van der Waals surface area contributed by atoms with E-state index in [0.717, 1.165) is 0 Å². The number of aliphatic hydroxyl groups excluding tert-OH is 1. The number of carbonyl (C=O) groups is 1. The Morgan fingerprint density at radius 2 is 1.79 bits per heavy atom. The van der Waals surface area contributed by atoms with Crippen molar-refractivity contribution in [3.63, 3.8) is 0 Å². The largest absolute Gasteiger partial charge is 0.573 e. The van der Waals surface area contributed by atoms with E-state index in [-0.39, 0.29) is 30.3 Å². The first-order valence-corrected chi connectivity index (χ1v) is 9.88. The summed E-state index contributed by atoms with van der Waals surface area (Å²) in [6, 6.07) is 13.5. The van der Waals surface area contributed by atoms with Crippen LogP contribution in [0.4, 0.5) is 36.3 Å². The van der Waals surface area contributed by atoms with Crippen molar-refractivity contribution in [1.82, 2.24) is 9.97 Å². The van der Waals surface area contributed by atoms with E-state index < -0.39 is 6.36 Å². The van der Waals surface area contributed by atoms with Crippen LogP contribution in [0.15, 0.2) is 54.6 Å². The number of alkyl halides is 3. The molecule has 11 heteroatoms. The summed E-state index contributed by atoms with van der Waals surface area (Å²) in [4.78, 5) is 19.9. The molecule has 0 unspecified atom stereocenters. The minimum absolute atomic E-state index is 0.171. The van der Waals surface area contributed by atoms with Crippen LogP contribution in [0, 0.1) is 0 Å². The number of benzene rings is 2. The Bertz CT molecular complexity index is 1110. The Kier molecular flexibility index (Phi) is 7.34. The van der Waals surface area contributed by atoms with Gasteiger partial charge in [0.25, 0.3) is 0 Å². The summed E-state index contributed by atoms with van der Waals surface area (Å²) >= 11 is 0. The van der Waals surface area contributed by atoms with Crippen molar-refractivity contribution < 1.29 is 27.8 Å². The Labute approximate surface area is 187 Å². The van der Waals surface area contributed by atoms with E-state index >= 15 is 0 Å². The van der Waals surface area contributed by atoms with Crippen LogP contribution in [0.3, 0.4) is 0 Å². The zero-order valence-corrected chi connectivity index (χ0v) is 17.8. The number of hydrogen-bond acceptors (Lipinski definition) is 7. The normalized spacial score (nSPS) is 12.1. The molecule has 1 heterocycles. The molecule has 33 heavy (non-hydrogen) atoms. The summed E-state index contributed by atoms with van der Waals surface area (Å²) in [7, 11) is 0. The molecule has 0 radical (unpaired) electrons. The molecule has 0 spiro atoms. The number of nitrogens with one attached hydrogen (secondary N) is 3. The first-order valence-electron chi connectivity index (χ1n) is 9.88. The fraction of sp³-hybridized carbons (Fsp3) is 0.227. The molecule has 0 bridgehead atoms. The number of hydrogen-bond donors (Lipinski definition) is 4. The number of aliphatic hydroxyl groups is 1. The van der Waals surface area contributed by atoms with Gasteiger partial charge in [-0.15, -0.1) is 13.2 Å². The predicted octanol–water partition coefficient (Wildman–Crippen LogP) is 4.54. The lowest BCUT2D eigenvalue weighted by atomic mass is 10.1. The third-order valence-electron chi connectivity index (χ3n) is 4.22. The van der Waals surface area contributed by atoms with Crippen LogP contribution in [0.2, 0.25) is 0 Å². The highest BCUT2D eigenvalue weighted by Crippen LogP contribution is 2.29. The van der Waals surface area contributed by atoms with Crippen LogP contribution in [0.25, 0.3) is 11.3 Å². The van der Waals surface area contributed by atoms with Crippen LogP contribution in [0.1, 0.15) is 13.8 Å². The van der Waals surface area contributed by atoms with Crippen molar-refractivity contribution in [3.05, 3.63) is 54.6 Å². The molecule has 3 rings (SSSR count). The van der Waals surface area contributed by atoms with E-state index in [4.69, 9.17) is 0 Å². The number of nitrogens with zero attached hydrogens (tertiary/aromatic N) is 2. The van der Waals surface area contributed by atoms with Gasteiger partial charge in [0.2, 0.25) is 11.9 Å². The fourth-order valence-corrected chi connectivity index (χ4v) is 2.83. The molecule has 2 aromatic carbocycles. The standard InChI is InChI=1S/C22H22F3N5O3/c1-13(12-31)26-21-29-19(15-4-3-5-18(10-15)33-22(23,24)25)11-20(30-21)28-17-8-6-16(7-9-17)27-14(2)32/h3-11,13,31H,12H2,1-2H3,(H,27,32)(H2,26,28,29,30)/t13-/m1/s1. The Morgan fingerprint density at radius 3 is 2.42 bits per heavy atom. The van der Waals surface area contributed by atoms with Gasteiger partial charge in [0.05, 0.1) is 12.3 Å². The number of amides is 1. The molecule has 0 saturated carbocycles. The summed E-state index contributed by atoms with van der Waals surface area (Å²) < 4.78 is 41.8. The maximum Gasteiger partial charge on any atom is 0.573 e. The zero-order chi connectivity index (χ0) is 24.0. The maximum absolute atomic E-state index is 12.6. The van der Waals surface area contributed by atoms with E-state index in [9.17, 15) is 23.1 Å². The molecule has 4 N–H and O–H groups in total. The molecular weight excluding hydrogens is 439 g/mol. The van der Waals surface area contributed by atoms with Gasteiger partial charge in [0.1, 0.15) is 11.6 Å². The maximum atomic E-state index is 12.6. The van der Waals surface area contributed by atoms with Crippen molar-refractivity contribution in [2.24, 2.45) is 0 Å². The van der Waals surface area contributed by atoms with Gasteiger partial charge < -0.3 is 25.8 Å². The number of carbonyl (C=O) groups excluding carboxylic acids is 1. The van der Waals surface area contributed by atoms with E-state index in [1.54, 1.807) is 43.3 Å². The fourth-order valence-electron chi connectivity index (χ4n) is 2.83. The van der Waals surface area contributed by atoms with Gasteiger partial charge in [-0.05, 0) is 43.3 Å². The second kappa shape index (κ2) is 10.2. The lowest BCUT2D eigenvalue weighted by Crippen LogP contribution is -2.21. The monoisotopic (exact) mass is 461 g/mol. The molecule has 3 aromatic rings. The minimum atomic E-state index is -4.82. The molecule has 0 aliphatic carbocycles. The minimum Gasteiger partial charge on any atom is -0.406 e. The van der Waals surface area contributed by atoms with Crippen LogP contribution >= 0.6 is 0 Å². The van der Waals surface area contributed by atoms with Gasteiger partial charge in [-0.25, -0.2) is 4.98 Å². The third kappa shape index (κ3) is 7.35. The second-order valence-electron chi connectivity index (χ2n) is 7.15. The third-order valence-corrected chi connectivity index (χ3v) is 4.22. The highest BCUT2D eigenvalue weighted by molar-refractivity contribution is 5.88. The van der Waals surface area contributed by atoms with Gasteiger partial charge >= 0.3 is 6.36 Å². The second-order valence-corrected chi connectivity index (χ2v) is 7.15. The average molecular weight is 461 g/mol. The summed E-state index contributed by atoms with van der Waals surface area (Å²) in [5.41, 5.74) is 1.99. The van der Waals surface area contributed by atoms with Crippen LogP contribution in [-0.2, 0) is 4.79 Å². The zero-order valence-electron chi connectivity index (χ0n) is 17.8. The molecule has 0 fully saturated rings. The van der Waals surface area contributed by atoms with Gasteiger partial charge in [0, 0.05) is 36.0 Å². The molecule has 1 aromatic heterocycles. The topological polar surface area (TPSA) is 108 Å². The summed E-state index contributed by atoms with van der Waals surface area (Å²) in [5, 5.41) is 18.0. The summed E-state index contributed by atoms with van der Waals surface area (Å²) in [5.74, 6) is -0.0304. The van der Waals surface area contributed by atoms with Gasteiger partial charge in [0.15, 0.2) is 0 Å². The SMILES string of the molecule is CC(=O)Nc1ccc(Nc2cc(-c3cccc(OC(F)(F)F)c3)nc(N[C@H](C)CO)n2)cc1. The van der Waals surface area contributed by atoms with E-state index in [1.807, 2.05) is 0 Å². The van der Waals surface area contributed by atoms with E-state index in [2.05, 4.69) is 30.7 Å². The molecule has 0 aliphatic heterocycles. The predicted molar refractivity (Wildman–Crippen MR) is 118 cm³/mol. The molecule has 0 aliphatic rings. The Hall–Kier alpha value is -3.86. The lowest BCUT2D eigenvalue weighted by Gasteiger charge is -2.15. The number of ether oxygens (including phenoxy) is 1. The molecule has 8 nitrogen and oxygen atoms in total. The molecule has 0 saturated heterocycles. The van der Waals surface area contributed by atoms with Crippen molar-refractivity contribution in [2.75, 3.05) is 22.6 Å². The first kappa shape index (κ1) is 23.8. The van der Waals surface area contributed by atoms with Crippen LogP contribution in [0.5, 0.6) is 5.75 Å². The summed E-state index contributed by atoms with van der Waals surface area (Å²) in [6.45, 7) is 2.96. The smallest absolute Gasteiger partial charge is 0.406 e. The van der Waals surface area contributed by atoms with Crippen LogP contribution < -0.4 is 20.7 Å².